The molecule has 0 bridgehead atoms. The number of hydrogen-bond acceptors (Lipinski definition) is 1. The first kappa shape index (κ1) is 30.4. The molecule has 0 amide bonds. The van der Waals surface area contributed by atoms with Gasteiger partial charge in [0, 0.05) is 5.69 Å². The van der Waals surface area contributed by atoms with Gasteiger partial charge in [0.1, 0.15) is 0 Å². The highest BCUT2D eigenvalue weighted by Gasteiger charge is 2.52. The molecule has 246 valence electrons. The van der Waals surface area contributed by atoms with Crippen molar-refractivity contribution >= 4 is 17.1 Å². The standard InChI is InChI=1S/C51H37N/c1-34-15-6-7-18-40(34)44-33-38(28-27-35(44)2)36-29-31-37(32-30-36)41-20-14-21-43-42-19-8-9-22-45(42)51(50(41)43)46-23-10-12-25-48(46)52(39-16-4-3-5-17-39)49-26-13-11-24-47(49)51/h3-33H,1-2H3. The molecule has 10 rings (SSSR count). The molecule has 1 heterocycles. The Labute approximate surface area is 306 Å². The zero-order valence-electron chi connectivity index (χ0n) is 29.3. The van der Waals surface area contributed by atoms with Crippen molar-refractivity contribution in [3.8, 4) is 44.5 Å². The minimum absolute atomic E-state index is 0.501. The van der Waals surface area contributed by atoms with Gasteiger partial charge in [0.25, 0.3) is 0 Å². The van der Waals surface area contributed by atoms with Crippen molar-refractivity contribution in [2.45, 2.75) is 19.3 Å². The maximum Gasteiger partial charge on any atom is 0.0760 e. The molecule has 8 aromatic rings. The summed E-state index contributed by atoms with van der Waals surface area (Å²) in [5.41, 5.74) is 21.1. The highest BCUT2D eigenvalue weighted by molar-refractivity contribution is 5.99. The fourth-order valence-electron chi connectivity index (χ4n) is 9.07. The van der Waals surface area contributed by atoms with Gasteiger partial charge in [-0.1, -0.05) is 158 Å². The Kier molecular flexibility index (Phi) is 6.91. The molecule has 2 aliphatic rings. The molecule has 1 aliphatic carbocycles. The van der Waals surface area contributed by atoms with Crippen LogP contribution in [0.15, 0.2) is 188 Å². The zero-order valence-corrected chi connectivity index (χ0v) is 29.3. The van der Waals surface area contributed by atoms with Crippen molar-refractivity contribution in [1.29, 1.82) is 0 Å². The fraction of sp³-hybridized carbons (Fsp3) is 0.0588. The van der Waals surface area contributed by atoms with Gasteiger partial charge in [-0.05, 0) is 122 Å². The number of aryl methyl sites for hydroxylation is 2. The van der Waals surface area contributed by atoms with Gasteiger partial charge in [0.2, 0.25) is 0 Å². The van der Waals surface area contributed by atoms with E-state index in [-0.39, 0.29) is 0 Å². The topological polar surface area (TPSA) is 3.24 Å². The average Bonchev–Trinajstić information content (AvgIpc) is 3.50. The molecule has 0 N–H and O–H groups in total. The molecule has 0 unspecified atom stereocenters. The van der Waals surface area contributed by atoms with E-state index in [0.717, 1.165) is 5.69 Å². The summed E-state index contributed by atoms with van der Waals surface area (Å²) >= 11 is 0. The summed E-state index contributed by atoms with van der Waals surface area (Å²) in [7, 11) is 0. The minimum Gasteiger partial charge on any atom is -0.310 e. The first-order chi connectivity index (χ1) is 25.6. The van der Waals surface area contributed by atoms with Crippen LogP contribution in [0.5, 0.6) is 0 Å². The molecule has 0 radical (unpaired) electrons. The fourth-order valence-corrected chi connectivity index (χ4v) is 9.07. The average molecular weight is 664 g/mol. The highest BCUT2D eigenvalue weighted by Crippen LogP contribution is 2.64. The predicted octanol–water partition coefficient (Wildman–Crippen LogP) is 13.5. The summed E-state index contributed by atoms with van der Waals surface area (Å²) in [5, 5.41) is 0. The van der Waals surface area contributed by atoms with Gasteiger partial charge in [-0.25, -0.2) is 0 Å². The monoisotopic (exact) mass is 663 g/mol. The molecular formula is C51H37N. The van der Waals surface area contributed by atoms with Crippen molar-refractivity contribution in [1.82, 2.24) is 0 Å². The third-order valence-electron chi connectivity index (χ3n) is 11.4. The first-order valence-electron chi connectivity index (χ1n) is 18.2. The lowest BCUT2D eigenvalue weighted by molar-refractivity contribution is 0.754. The third-order valence-corrected chi connectivity index (χ3v) is 11.4. The van der Waals surface area contributed by atoms with E-state index >= 15 is 0 Å². The lowest BCUT2D eigenvalue weighted by Gasteiger charge is -2.45. The van der Waals surface area contributed by atoms with E-state index < -0.39 is 5.41 Å². The molecule has 0 saturated heterocycles. The van der Waals surface area contributed by atoms with Gasteiger partial charge in [0.05, 0.1) is 16.8 Å². The van der Waals surface area contributed by atoms with Crippen LogP contribution in [0.2, 0.25) is 0 Å². The number of anilines is 3. The van der Waals surface area contributed by atoms with E-state index in [4.69, 9.17) is 0 Å². The van der Waals surface area contributed by atoms with Crippen LogP contribution in [0.1, 0.15) is 33.4 Å². The number of nitrogens with zero attached hydrogens (tertiary/aromatic N) is 1. The van der Waals surface area contributed by atoms with E-state index in [9.17, 15) is 0 Å². The normalized spacial score (nSPS) is 13.3. The SMILES string of the molecule is Cc1ccccc1-c1cc(-c2ccc(-c3cccc4c3C3(c5ccccc5-4)c4ccccc4N(c4ccccc4)c4ccccc43)cc2)ccc1C. The smallest absolute Gasteiger partial charge is 0.0760 e. The summed E-state index contributed by atoms with van der Waals surface area (Å²) in [5.74, 6) is 0. The van der Waals surface area contributed by atoms with Crippen LogP contribution in [0, 0.1) is 13.8 Å². The summed E-state index contributed by atoms with van der Waals surface area (Å²) in [6.45, 7) is 4.40. The van der Waals surface area contributed by atoms with Gasteiger partial charge in [-0.15, -0.1) is 0 Å². The second-order valence-corrected chi connectivity index (χ2v) is 14.2. The molecule has 1 nitrogen and oxygen atoms in total. The summed E-state index contributed by atoms with van der Waals surface area (Å²) in [4.78, 5) is 2.45. The lowest BCUT2D eigenvalue weighted by Crippen LogP contribution is -2.36. The van der Waals surface area contributed by atoms with Crippen LogP contribution in [0.25, 0.3) is 44.5 Å². The first-order valence-corrected chi connectivity index (χ1v) is 18.2. The lowest BCUT2D eigenvalue weighted by atomic mass is 9.63. The van der Waals surface area contributed by atoms with Crippen molar-refractivity contribution in [3.63, 3.8) is 0 Å². The van der Waals surface area contributed by atoms with Crippen LogP contribution in [-0.4, -0.2) is 0 Å². The van der Waals surface area contributed by atoms with Crippen LogP contribution >= 0.6 is 0 Å². The highest BCUT2D eigenvalue weighted by atomic mass is 15.2. The summed E-state index contributed by atoms with van der Waals surface area (Å²) < 4.78 is 0. The molecule has 0 atom stereocenters. The Morgan fingerprint density at radius 1 is 0.346 bits per heavy atom. The molecule has 52 heavy (non-hydrogen) atoms. The maximum atomic E-state index is 2.45. The molecular weight excluding hydrogens is 627 g/mol. The summed E-state index contributed by atoms with van der Waals surface area (Å²) in [6.07, 6.45) is 0. The summed E-state index contributed by atoms with van der Waals surface area (Å²) in [6, 6.07) is 69.6. The number of para-hydroxylation sites is 3. The molecule has 1 aliphatic heterocycles. The maximum absolute atomic E-state index is 2.45. The van der Waals surface area contributed by atoms with Crippen molar-refractivity contribution in [2.75, 3.05) is 4.90 Å². The quantitative estimate of drug-likeness (QED) is 0.181. The van der Waals surface area contributed by atoms with Crippen LogP contribution in [0.3, 0.4) is 0 Å². The predicted molar refractivity (Wildman–Crippen MR) is 218 cm³/mol. The molecule has 0 fully saturated rings. The number of rotatable bonds is 4. The van der Waals surface area contributed by atoms with Gasteiger partial charge < -0.3 is 4.90 Å². The number of hydrogen-bond donors (Lipinski definition) is 0. The second kappa shape index (κ2) is 11.8. The van der Waals surface area contributed by atoms with Gasteiger partial charge >= 0.3 is 0 Å². The van der Waals surface area contributed by atoms with E-state index in [0.29, 0.717) is 0 Å². The Morgan fingerprint density at radius 2 is 0.865 bits per heavy atom. The van der Waals surface area contributed by atoms with Crippen molar-refractivity contribution in [3.05, 3.63) is 221 Å². The van der Waals surface area contributed by atoms with E-state index in [2.05, 4.69) is 207 Å². The second-order valence-electron chi connectivity index (χ2n) is 14.2. The Hall–Kier alpha value is -6.44. The Balaban J connectivity index is 1.18. The molecule has 0 saturated carbocycles. The van der Waals surface area contributed by atoms with E-state index in [1.165, 1.54) is 89.3 Å². The van der Waals surface area contributed by atoms with Crippen LogP contribution in [-0.2, 0) is 5.41 Å². The van der Waals surface area contributed by atoms with Gasteiger partial charge in [0.15, 0.2) is 0 Å². The minimum atomic E-state index is -0.501. The Morgan fingerprint density at radius 3 is 1.58 bits per heavy atom. The van der Waals surface area contributed by atoms with E-state index in [1.807, 2.05) is 0 Å². The van der Waals surface area contributed by atoms with Crippen molar-refractivity contribution < 1.29 is 0 Å². The largest absolute Gasteiger partial charge is 0.310 e. The van der Waals surface area contributed by atoms with Crippen molar-refractivity contribution in [2.24, 2.45) is 0 Å². The number of benzene rings is 8. The van der Waals surface area contributed by atoms with Crippen LogP contribution < -0.4 is 4.90 Å². The van der Waals surface area contributed by atoms with Gasteiger partial charge in [-0.3, -0.25) is 0 Å². The van der Waals surface area contributed by atoms with Crippen LogP contribution in [0.4, 0.5) is 17.1 Å². The zero-order chi connectivity index (χ0) is 34.8. The number of fused-ring (bicyclic) bond motifs is 9. The molecule has 8 aromatic carbocycles. The third kappa shape index (κ3) is 4.36. The Bertz CT molecular complexity index is 2600. The molecule has 0 aromatic heterocycles. The van der Waals surface area contributed by atoms with Gasteiger partial charge in [-0.2, -0.15) is 0 Å². The van der Waals surface area contributed by atoms with E-state index in [1.54, 1.807) is 0 Å². The molecule has 1 heteroatoms. The molecule has 1 spiro atoms.